The molecule has 2 aromatic carbocycles. The van der Waals surface area contributed by atoms with Gasteiger partial charge in [-0.15, -0.1) is 11.3 Å². The third-order valence-corrected chi connectivity index (χ3v) is 6.79. The summed E-state index contributed by atoms with van der Waals surface area (Å²) in [6.45, 7) is 2.25. The Kier molecular flexibility index (Phi) is 4.10. The Morgan fingerprint density at radius 1 is 1.00 bits per heavy atom. The largest absolute Gasteiger partial charge is 0.422 e. The van der Waals surface area contributed by atoms with Crippen LogP contribution < -0.4 is 5.63 Å². The molecule has 0 unspecified atom stereocenters. The second-order valence-corrected chi connectivity index (χ2v) is 8.55. The summed E-state index contributed by atoms with van der Waals surface area (Å²) in [6, 6.07) is 18.6. The van der Waals surface area contributed by atoms with Crippen molar-refractivity contribution in [3.63, 3.8) is 0 Å². The Hall–Kier alpha value is -2.43. The molecule has 1 saturated heterocycles. The number of nitrogens with zero attached hydrogens (tertiary/aromatic N) is 1. The third-order valence-electron chi connectivity index (χ3n) is 5.64. The first-order chi connectivity index (χ1) is 13.2. The van der Waals surface area contributed by atoms with E-state index in [1.807, 2.05) is 18.2 Å². The molecule has 3 nitrogen and oxygen atoms in total. The van der Waals surface area contributed by atoms with Gasteiger partial charge in [0, 0.05) is 15.0 Å². The summed E-state index contributed by atoms with van der Waals surface area (Å²) in [6.07, 6.45) is 2.32. The van der Waals surface area contributed by atoms with Crippen molar-refractivity contribution in [2.45, 2.75) is 18.8 Å². The summed E-state index contributed by atoms with van der Waals surface area (Å²) in [5.41, 5.74) is 2.37. The molecule has 0 atom stereocenters. The molecule has 1 fully saturated rings. The van der Waals surface area contributed by atoms with Crippen LogP contribution in [0.1, 0.15) is 24.3 Å². The minimum absolute atomic E-state index is 0.255. The van der Waals surface area contributed by atoms with Crippen LogP contribution in [0.2, 0.25) is 0 Å². The van der Waals surface area contributed by atoms with Crippen molar-refractivity contribution >= 4 is 32.4 Å². The molecule has 0 aliphatic carbocycles. The smallest absolute Gasteiger partial charge is 0.345 e. The highest BCUT2D eigenvalue weighted by atomic mass is 32.1. The lowest BCUT2D eigenvalue weighted by Gasteiger charge is -2.29. The molecule has 4 aromatic rings. The normalized spacial score (nSPS) is 16.3. The predicted octanol–water partition coefficient (Wildman–Crippen LogP) is 5.48. The fourth-order valence-corrected chi connectivity index (χ4v) is 5.08. The van der Waals surface area contributed by atoms with E-state index in [0.717, 1.165) is 41.6 Å². The van der Waals surface area contributed by atoms with E-state index in [1.165, 1.54) is 10.3 Å². The maximum absolute atomic E-state index is 12.7. The topological polar surface area (TPSA) is 33.5 Å². The lowest BCUT2D eigenvalue weighted by molar-refractivity contribution is 0.255. The summed E-state index contributed by atoms with van der Waals surface area (Å²) in [7, 11) is 2.17. The average molecular weight is 375 g/mol. The SMILES string of the molecule is CN1CCC(c2ccc3cc(-c4cc5ccccc5s4)c(=O)oc3c2)CC1. The van der Waals surface area contributed by atoms with Crippen LogP contribution >= 0.6 is 11.3 Å². The van der Waals surface area contributed by atoms with Crippen LogP contribution in [-0.4, -0.2) is 25.0 Å². The van der Waals surface area contributed by atoms with Crippen LogP contribution in [0.3, 0.4) is 0 Å². The van der Waals surface area contributed by atoms with Gasteiger partial charge in [-0.3, -0.25) is 0 Å². The number of thiophene rings is 1. The fourth-order valence-electron chi connectivity index (χ4n) is 4.01. The molecule has 0 spiro atoms. The number of likely N-dealkylation sites (tertiary alicyclic amines) is 1. The van der Waals surface area contributed by atoms with E-state index in [9.17, 15) is 4.79 Å². The van der Waals surface area contributed by atoms with Crippen LogP contribution in [0.25, 0.3) is 31.5 Å². The summed E-state index contributed by atoms with van der Waals surface area (Å²) >= 11 is 1.63. The molecule has 136 valence electrons. The van der Waals surface area contributed by atoms with Crippen LogP contribution in [-0.2, 0) is 0 Å². The van der Waals surface area contributed by atoms with Gasteiger partial charge < -0.3 is 9.32 Å². The fraction of sp³-hybridized carbons (Fsp3) is 0.261. The first-order valence-corrected chi connectivity index (χ1v) is 10.2. The Labute approximate surface area is 161 Å². The van der Waals surface area contributed by atoms with Crippen LogP contribution in [0.15, 0.2) is 63.8 Å². The molecule has 1 aliphatic rings. The van der Waals surface area contributed by atoms with E-state index in [-0.39, 0.29) is 5.63 Å². The first-order valence-electron chi connectivity index (χ1n) is 9.43. The molecule has 0 bridgehead atoms. The Morgan fingerprint density at radius 3 is 2.63 bits per heavy atom. The Balaban J connectivity index is 1.55. The van der Waals surface area contributed by atoms with Gasteiger partial charge in [0.05, 0.1) is 5.56 Å². The summed E-state index contributed by atoms with van der Waals surface area (Å²) in [4.78, 5) is 16.0. The van der Waals surface area contributed by atoms with E-state index in [2.05, 4.69) is 48.3 Å². The highest BCUT2D eigenvalue weighted by molar-refractivity contribution is 7.22. The second-order valence-electron chi connectivity index (χ2n) is 7.47. The van der Waals surface area contributed by atoms with Crippen molar-refractivity contribution in [2.24, 2.45) is 0 Å². The molecule has 0 amide bonds. The third kappa shape index (κ3) is 3.09. The minimum atomic E-state index is -0.255. The van der Waals surface area contributed by atoms with Gasteiger partial charge in [0.25, 0.3) is 0 Å². The number of benzene rings is 2. The van der Waals surface area contributed by atoms with Gasteiger partial charge in [0.2, 0.25) is 0 Å². The molecule has 4 heteroatoms. The number of hydrogen-bond donors (Lipinski definition) is 0. The van der Waals surface area contributed by atoms with Gasteiger partial charge in [0.1, 0.15) is 5.58 Å². The van der Waals surface area contributed by atoms with Crippen LogP contribution in [0.5, 0.6) is 0 Å². The molecule has 5 rings (SSSR count). The Bertz CT molecular complexity index is 1150. The van der Waals surface area contributed by atoms with Crippen molar-refractivity contribution in [3.8, 4) is 10.4 Å². The standard InChI is InChI=1S/C23H21NO2S/c1-24-10-8-15(9-11-24)16-6-7-17-12-19(23(25)26-20(17)13-16)22-14-18-4-2-3-5-21(18)27-22/h2-7,12-15H,8-11H2,1H3. The molecular formula is C23H21NO2S. The zero-order chi connectivity index (χ0) is 18.4. The molecule has 3 heterocycles. The Morgan fingerprint density at radius 2 is 1.81 bits per heavy atom. The zero-order valence-corrected chi connectivity index (χ0v) is 16.1. The van der Waals surface area contributed by atoms with Gasteiger partial charge in [-0.1, -0.05) is 30.3 Å². The maximum Gasteiger partial charge on any atom is 0.345 e. The van der Waals surface area contributed by atoms with Gasteiger partial charge >= 0.3 is 5.63 Å². The molecule has 0 N–H and O–H groups in total. The van der Waals surface area contributed by atoms with Gasteiger partial charge in [-0.25, -0.2) is 4.79 Å². The van der Waals surface area contributed by atoms with Crippen molar-refractivity contribution in [1.29, 1.82) is 0 Å². The number of fused-ring (bicyclic) bond motifs is 2. The molecule has 0 radical (unpaired) electrons. The molecule has 0 saturated carbocycles. The van der Waals surface area contributed by atoms with Crippen LogP contribution in [0.4, 0.5) is 0 Å². The summed E-state index contributed by atoms with van der Waals surface area (Å²) < 4.78 is 6.92. The summed E-state index contributed by atoms with van der Waals surface area (Å²) in [5, 5.41) is 2.15. The first kappa shape index (κ1) is 16.7. The van der Waals surface area contributed by atoms with E-state index in [0.29, 0.717) is 17.1 Å². The lowest BCUT2D eigenvalue weighted by atomic mass is 9.89. The number of hydrogen-bond acceptors (Lipinski definition) is 4. The zero-order valence-electron chi connectivity index (χ0n) is 15.3. The van der Waals surface area contributed by atoms with Crippen molar-refractivity contribution in [2.75, 3.05) is 20.1 Å². The van der Waals surface area contributed by atoms with E-state index >= 15 is 0 Å². The van der Waals surface area contributed by atoms with Gasteiger partial charge in [-0.05, 0) is 74.1 Å². The highest BCUT2D eigenvalue weighted by Crippen LogP contribution is 2.34. The number of piperidine rings is 1. The van der Waals surface area contributed by atoms with E-state index < -0.39 is 0 Å². The van der Waals surface area contributed by atoms with E-state index in [1.54, 1.807) is 11.3 Å². The predicted molar refractivity (Wildman–Crippen MR) is 113 cm³/mol. The number of rotatable bonds is 2. The monoisotopic (exact) mass is 375 g/mol. The average Bonchev–Trinajstić information content (AvgIpc) is 3.11. The molecular weight excluding hydrogens is 354 g/mol. The van der Waals surface area contributed by atoms with Crippen molar-refractivity contribution in [3.05, 3.63) is 70.6 Å². The molecule has 27 heavy (non-hydrogen) atoms. The van der Waals surface area contributed by atoms with Gasteiger partial charge in [0.15, 0.2) is 0 Å². The molecule has 1 aliphatic heterocycles. The lowest BCUT2D eigenvalue weighted by Crippen LogP contribution is -2.29. The highest BCUT2D eigenvalue weighted by Gasteiger charge is 2.19. The van der Waals surface area contributed by atoms with Crippen molar-refractivity contribution < 1.29 is 4.42 Å². The van der Waals surface area contributed by atoms with Crippen LogP contribution in [0, 0.1) is 0 Å². The summed E-state index contributed by atoms with van der Waals surface area (Å²) in [5.74, 6) is 0.554. The second kappa shape index (κ2) is 6.63. The van der Waals surface area contributed by atoms with E-state index in [4.69, 9.17) is 4.42 Å². The van der Waals surface area contributed by atoms with Crippen molar-refractivity contribution in [1.82, 2.24) is 4.90 Å². The molecule has 2 aromatic heterocycles. The maximum atomic E-state index is 12.7. The quantitative estimate of drug-likeness (QED) is 0.435. The van der Waals surface area contributed by atoms with Gasteiger partial charge in [-0.2, -0.15) is 0 Å². The minimum Gasteiger partial charge on any atom is -0.422 e.